The number of hydrogen-bond donors (Lipinski definition) is 0. The van der Waals surface area contributed by atoms with Gasteiger partial charge in [-0.05, 0) is 43.3 Å². The van der Waals surface area contributed by atoms with Crippen molar-refractivity contribution in [3.63, 3.8) is 0 Å². The Kier molecular flexibility index (Phi) is 6.10. The van der Waals surface area contributed by atoms with E-state index in [9.17, 15) is 9.59 Å². The Morgan fingerprint density at radius 2 is 1.92 bits per heavy atom. The SMILES string of the molecule is C[C@H](Oc1ccc(C#N)cc1)C(=O)OCC(=O)c1cccc(Br)c1. The lowest BCUT2D eigenvalue weighted by atomic mass is 10.1. The maximum Gasteiger partial charge on any atom is 0.347 e. The van der Waals surface area contributed by atoms with Crippen molar-refractivity contribution < 1.29 is 19.1 Å². The molecule has 0 N–H and O–H groups in total. The number of carbonyl (C=O) groups is 2. The van der Waals surface area contributed by atoms with Gasteiger partial charge in [-0.25, -0.2) is 4.79 Å². The lowest BCUT2D eigenvalue weighted by Crippen LogP contribution is -2.28. The first kappa shape index (κ1) is 17.7. The Hall–Kier alpha value is -2.65. The number of rotatable bonds is 6. The Morgan fingerprint density at radius 1 is 1.21 bits per heavy atom. The third kappa shape index (κ3) is 4.93. The molecule has 0 saturated heterocycles. The largest absolute Gasteiger partial charge is 0.479 e. The van der Waals surface area contributed by atoms with Crippen LogP contribution in [0.25, 0.3) is 0 Å². The zero-order valence-electron chi connectivity index (χ0n) is 12.9. The number of benzene rings is 2. The first-order valence-electron chi connectivity index (χ1n) is 7.12. The van der Waals surface area contributed by atoms with Gasteiger partial charge in [-0.3, -0.25) is 4.79 Å². The van der Waals surface area contributed by atoms with E-state index in [0.29, 0.717) is 16.9 Å². The summed E-state index contributed by atoms with van der Waals surface area (Å²) >= 11 is 3.28. The fourth-order valence-corrected chi connectivity index (χ4v) is 2.26. The van der Waals surface area contributed by atoms with Gasteiger partial charge in [-0.1, -0.05) is 28.1 Å². The highest BCUT2D eigenvalue weighted by molar-refractivity contribution is 9.10. The number of ether oxygens (including phenoxy) is 2. The van der Waals surface area contributed by atoms with Crippen molar-refractivity contribution in [3.05, 3.63) is 64.1 Å². The number of hydrogen-bond acceptors (Lipinski definition) is 5. The summed E-state index contributed by atoms with van der Waals surface area (Å²) in [6.45, 7) is 1.18. The third-order valence-corrected chi connectivity index (χ3v) is 3.61. The second kappa shape index (κ2) is 8.27. The predicted octanol–water partition coefficient (Wildman–Crippen LogP) is 3.51. The lowest BCUT2D eigenvalue weighted by Gasteiger charge is -2.13. The van der Waals surface area contributed by atoms with Crippen LogP contribution in [-0.2, 0) is 9.53 Å². The minimum Gasteiger partial charge on any atom is -0.479 e. The van der Waals surface area contributed by atoms with Gasteiger partial charge in [0.2, 0.25) is 0 Å². The quantitative estimate of drug-likeness (QED) is 0.559. The van der Waals surface area contributed by atoms with Crippen molar-refractivity contribution in [1.82, 2.24) is 0 Å². The fourth-order valence-electron chi connectivity index (χ4n) is 1.86. The van der Waals surface area contributed by atoms with Crippen molar-refractivity contribution in [2.24, 2.45) is 0 Å². The normalized spacial score (nSPS) is 11.2. The maximum atomic E-state index is 12.0. The highest BCUT2D eigenvalue weighted by atomic mass is 79.9. The number of nitriles is 1. The molecule has 0 amide bonds. The van der Waals surface area contributed by atoms with E-state index in [-0.39, 0.29) is 12.4 Å². The molecular weight excluding hydrogens is 374 g/mol. The molecule has 0 aliphatic carbocycles. The molecule has 24 heavy (non-hydrogen) atoms. The second-order valence-electron chi connectivity index (χ2n) is 4.94. The zero-order chi connectivity index (χ0) is 17.5. The summed E-state index contributed by atoms with van der Waals surface area (Å²) in [6.07, 6.45) is -0.867. The number of nitrogens with zero attached hydrogens (tertiary/aromatic N) is 1. The molecule has 0 unspecified atom stereocenters. The molecule has 0 heterocycles. The van der Waals surface area contributed by atoms with E-state index in [1.165, 1.54) is 6.92 Å². The average Bonchev–Trinajstić information content (AvgIpc) is 2.60. The molecule has 0 saturated carbocycles. The topological polar surface area (TPSA) is 76.4 Å². The van der Waals surface area contributed by atoms with Gasteiger partial charge in [0.05, 0.1) is 11.6 Å². The van der Waals surface area contributed by atoms with E-state index < -0.39 is 12.1 Å². The molecule has 2 aromatic rings. The first-order chi connectivity index (χ1) is 11.5. The van der Waals surface area contributed by atoms with Crippen LogP contribution in [0.1, 0.15) is 22.8 Å². The molecule has 5 nitrogen and oxygen atoms in total. The van der Waals surface area contributed by atoms with Crippen LogP contribution in [0.4, 0.5) is 0 Å². The van der Waals surface area contributed by atoms with Gasteiger partial charge in [0.1, 0.15) is 5.75 Å². The number of Topliss-reactive ketones (excluding diaryl/α,β-unsaturated/α-hetero) is 1. The van der Waals surface area contributed by atoms with E-state index >= 15 is 0 Å². The summed E-state index contributed by atoms with van der Waals surface area (Å²) in [6, 6.07) is 15.2. The van der Waals surface area contributed by atoms with Crippen LogP contribution in [0.5, 0.6) is 5.75 Å². The van der Waals surface area contributed by atoms with Crippen molar-refractivity contribution in [1.29, 1.82) is 5.26 Å². The minimum atomic E-state index is -0.867. The smallest absolute Gasteiger partial charge is 0.347 e. The van der Waals surface area contributed by atoms with Gasteiger partial charge in [0, 0.05) is 10.0 Å². The second-order valence-corrected chi connectivity index (χ2v) is 5.85. The van der Waals surface area contributed by atoms with Crippen molar-refractivity contribution in [2.45, 2.75) is 13.0 Å². The van der Waals surface area contributed by atoms with E-state index in [1.807, 2.05) is 6.07 Å². The van der Waals surface area contributed by atoms with Crippen LogP contribution >= 0.6 is 15.9 Å². The summed E-state index contributed by atoms with van der Waals surface area (Å²) in [7, 11) is 0. The van der Waals surface area contributed by atoms with E-state index in [1.54, 1.807) is 48.5 Å². The fraction of sp³-hybridized carbons (Fsp3) is 0.167. The number of ketones is 1. The highest BCUT2D eigenvalue weighted by Gasteiger charge is 2.18. The molecule has 0 spiro atoms. The van der Waals surface area contributed by atoms with Crippen LogP contribution in [0.3, 0.4) is 0 Å². The molecule has 0 aliphatic rings. The van der Waals surface area contributed by atoms with Gasteiger partial charge >= 0.3 is 5.97 Å². The van der Waals surface area contributed by atoms with Gasteiger partial charge in [0.25, 0.3) is 0 Å². The van der Waals surface area contributed by atoms with Gasteiger partial charge in [-0.15, -0.1) is 0 Å². The van der Waals surface area contributed by atoms with Crippen molar-refractivity contribution in [2.75, 3.05) is 6.61 Å². The van der Waals surface area contributed by atoms with Crippen LogP contribution in [0.2, 0.25) is 0 Å². The Labute approximate surface area is 147 Å². The van der Waals surface area contributed by atoms with Crippen molar-refractivity contribution in [3.8, 4) is 11.8 Å². The number of halogens is 1. The van der Waals surface area contributed by atoms with E-state index in [4.69, 9.17) is 14.7 Å². The Bertz CT molecular complexity index is 780. The third-order valence-electron chi connectivity index (χ3n) is 3.12. The molecule has 1 atom stereocenters. The molecular formula is C18H14BrNO4. The van der Waals surface area contributed by atoms with Crippen LogP contribution in [0, 0.1) is 11.3 Å². The molecule has 0 aliphatic heterocycles. The molecule has 0 radical (unpaired) electrons. The summed E-state index contributed by atoms with van der Waals surface area (Å²) in [5, 5.41) is 8.73. The van der Waals surface area contributed by atoms with E-state index in [2.05, 4.69) is 15.9 Å². The number of esters is 1. The molecule has 6 heteroatoms. The standard InChI is InChI=1S/C18H14BrNO4/c1-12(24-16-7-5-13(10-20)6-8-16)18(22)23-11-17(21)14-3-2-4-15(19)9-14/h2-9,12H,11H2,1H3/t12-/m0/s1. The monoisotopic (exact) mass is 387 g/mol. The Balaban J connectivity index is 1.87. The molecule has 0 bridgehead atoms. The first-order valence-corrected chi connectivity index (χ1v) is 7.91. The van der Waals surface area contributed by atoms with Gasteiger partial charge in [-0.2, -0.15) is 5.26 Å². The molecule has 122 valence electrons. The maximum absolute atomic E-state index is 12.0. The highest BCUT2D eigenvalue weighted by Crippen LogP contribution is 2.15. The van der Waals surface area contributed by atoms with Gasteiger partial charge in [0.15, 0.2) is 18.5 Å². The van der Waals surface area contributed by atoms with E-state index in [0.717, 1.165) is 4.47 Å². The predicted molar refractivity (Wildman–Crippen MR) is 90.7 cm³/mol. The molecule has 2 rings (SSSR count). The average molecular weight is 388 g/mol. The molecule has 2 aromatic carbocycles. The lowest BCUT2D eigenvalue weighted by molar-refractivity contribution is -0.149. The summed E-state index contributed by atoms with van der Waals surface area (Å²) in [4.78, 5) is 23.9. The van der Waals surface area contributed by atoms with Crippen molar-refractivity contribution >= 4 is 27.7 Å². The van der Waals surface area contributed by atoms with Crippen LogP contribution in [0.15, 0.2) is 53.0 Å². The molecule has 0 fully saturated rings. The molecule has 0 aromatic heterocycles. The number of carbonyl (C=O) groups excluding carboxylic acids is 2. The summed E-state index contributed by atoms with van der Waals surface area (Å²) in [5.74, 6) is -0.491. The van der Waals surface area contributed by atoms with Gasteiger partial charge < -0.3 is 9.47 Å². The minimum absolute atomic E-state index is 0.296. The summed E-state index contributed by atoms with van der Waals surface area (Å²) in [5.41, 5.74) is 0.954. The zero-order valence-corrected chi connectivity index (χ0v) is 14.4. The Morgan fingerprint density at radius 3 is 2.54 bits per heavy atom. The van der Waals surface area contributed by atoms with Crippen LogP contribution in [-0.4, -0.2) is 24.5 Å². The van der Waals surface area contributed by atoms with Crippen LogP contribution < -0.4 is 4.74 Å². The summed E-state index contributed by atoms with van der Waals surface area (Å²) < 4.78 is 11.2.